The predicted molar refractivity (Wildman–Crippen MR) is 68.3 cm³/mol. The molecular weight excluding hydrogens is 194 g/mol. The van der Waals surface area contributed by atoms with Crippen molar-refractivity contribution in [2.45, 2.75) is 19.3 Å². The number of hydrogen-bond acceptors (Lipinski definition) is 1. The molecule has 0 radical (unpaired) electrons. The molecule has 0 atom stereocenters. The van der Waals surface area contributed by atoms with Crippen LogP contribution in [0.25, 0.3) is 6.08 Å². The van der Waals surface area contributed by atoms with Gasteiger partial charge in [-0.25, -0.2) is 0 Å². The van der Waals surface area contributed by atoms with Gasteiger partial charge in [0.15, 0.2) is 0 Å². The van der Waals surface area contributed by atoms with Gasteiger partial charge in [0.05, 0.1) is 0 Å². The summed E-state index contributed by atoms with van der Waals surface area (Å²) in [6.45, 7) is 2.52. The van der Waals surface area contributed by atoms with Crippen LogP contribution in [0.15, 0.2) is 29.8 Å². The molecule has 1 saturated heterocycles. The third-order valence-corrected chi connectivity index (χ3v) is 4.03. The molecule has 1 aliphatic carbocycles. The second kappa shape index (κ2) is 4.06. The van der Waals surface area contributed by atoms with E-state index in [1.54, 1.807) is 5.57 Å². The number of likely N-dealkylation sites (tertiary alicyclic amines) is 1. The quantitative estimate of drug-likeness (QED) is 0.693. The maximum atomic E-state index is 2.44. The van der Waals surface area contributed by atoms with Crippen LogP contribution in [0.5, 0.6) is 0 Å². The number of piperidine rings is 1. The van der Waals surface area contributed by atoms with Gasteiger partial charge in [0, 0.05) is 0 Å². The van der Waals surface area contributed by atoms with E-state index in [2.05, 4.69) is 42.3 Å². The van der Waals surface area contributed by atoms with E-state index in [0.717, 1.165) is 5.92 Å². The van der Waals surface area contributed by atoms with Crippen LogP contribution in [0.1, 0.15) is 24.0 Å². The molecule has 84 valence electrons. The van der Waals surface area contributed by atoms with Crippen molar-refractivity contribution in [2.75, 3.05) is 20.1 Å². The molecule has 0 spiro atoms. The van der Waals surface area contributed by atoms with Crippen molar-refractivity contribution in [3.8, 4) is 0 Å². The molecular formula is C15H19N. The zero-order valence-corrected chi connectivity index (χ0v) is 9.95. The molecule has 0 amide bonds. The van der Waals surface area contributed by atoms with E-state index in [1.807, 2.05) is 0 Å². The molecule has 16 heavy (non-hydrogen) atoms. The number of hydrogen-bond donors (Lipinski definition) is 0. The fourth-order valence-corrected chi connectivity index (χ4v) is 2.95. The van der Waals surface area contributed by atoms with E-state index < -0.39 is 0 Å². The Morgan fingerprint density at radius 2 is 1.88 bits per heavy atom. The minimum absolute atomic E-state index is 0.837. The first-order valence-corrected chi connectivity index (χ1v) is 6.30. The van der Waals surface area contributed by atoms with Crippen molar-refractivity contribution in [3.63, 3.8) is 0 Å². The van der Waals surface area contributed by atoms with Crippen molar-refractivity contribution in [1.82, 2.24) is 4.90 Å². The van der Waals surface area contributed by atoms with Gasteiger partial charge in [0.1, 0.15) is 0 Å². The summed E-state index contributed by atoms with van der Waals surface area (Å²) in [4.78, 5) is 2.44. The molecule has 1 aromatic rings. The molecule has 3 rings (SSSR count). The molecule has 0 saturated carbocycles. The molecule has 1 aliphatic heterocycles. The average Bonchev–Trinajstić information content (AvgIpc) is 2.73. The van der Waals surface area contributed by atoms with Crippen molar-refractivity contribution in [1.29, 1.82) is 0 Å². The van der Waals surface area contributed by atoms with Crippen molar-refractivity contribution in [3.05, 3.63) is 41.0 Å². The SMILES string of the molecule is CN1CCC(C2=Cc3ccccc3C2)CC1. The molecule has 0 bridgehead atoms. The summed E-state index contributed by atoms with van der Waals surface area (Å²) in [6.07, 6.45) is 6.32. The monoisotopic (exact) mass is 213 g/mol. The van der Waals surface area contributed by atoms with Gasteiger partial charge in [0.2, 0.25) is 0 Å². The maximum absolute atomic E-state index is 2.44. The van der Waals surface area contributed by atoms with E-state index in [1.165, 1.54) is 43.5 Å². The Kier molecular flexibility index (Phi) is 2.56. The zero-order chi connectivity index (χ0) is 11.0. The highest BCUT2D eigenvalue weighted by Gasteiger charge is 2.23. The van der Waals surface area contributed by atoms with Crippen LogP contribution in [0, 0.1) is 5.92 Å². The van der Waals surface area contributed by atoms with Crippen LogP contribution in [0.3, 0.4) is 0 Å². The molecule has 1 heterocycles. The van der Waals surface area contributed by atoms with E-state index in [9.17, 15) is 0 Å². The lowest BCUT2D eigenvalue weighted by molar-refractivity contribution is 0.237. The van der Waals surface area contributed by atoms with Gasteiger partial charge in [-0.15, -0.1) is 0 Å². The number of rotatable bonds is 1. The van der Waals surface area contributed by atoms with Gasteiger partial charge in [-0.05, 0) is 56.4 Å². The summed E-state index contributed by atoms with van der Waals surface area (Å²) < 4.78 is 0. The van der Waals surface area contributed by atoms with E-state index in [0.29, 0.717) is 0 Å². The lowest BCUT2D eigenvalue weighted by Crippen LogP contribution is -2.30. The lowest BCUT2D eigenvalue weighted by atomic mass is 9.88. The Morgan fingerprint density at radius 1 is 1.12 bits per heavy atom. The average molecular weight is 213 g/mol. The smallest absolute Gasteiger partial charge is 0.00161 e. The van der Waals surface area contributed by atoms with Crippen molar-refractivity contribution in [2.24, 2.45) is 5.92 Å². The van der Waals surface area contributed by atoms with Gasteiger partial charge in [-0.2, -0.15) is 0 Å². The number of nitrogens with zero attached hydrogens (tertiary/aromatic N) is 1. The molecule has 0 N–H and O–H groups in total. The van der Waals surface area contributed by atoms with Crippen LogP contribution < -0.4 is 0 Å². The summed E-state index contributed by atoms with van der Waals surface area (Å²) in [5.74, 6) is 0.837. The number of fused-ring (bicyclic) bond motifs is 1. The summed E-state index contributed by atoms with van der Waals surface area (Å²) in [6, 6.07) is 8.82. The Hall–Kier alpha value is -1.08. The summed E-state index contributed by atoms with van der Waals surface area (Å²) in [5.41, 5.74) is 4.65. The Labute approximate surface area is 97.8 Å². The van der Waals surface area contributed by atoms with Gasteiger partial charge >= 0.3 is 0 Å². The van der Waals surface area contributed by atoms with Gasteiger partial charge in [0.25, 0.3) is 0 Å². The standard InChI is InChI=1S/C15H19N/c1-16-8-6-12(7-9-16)15-10-13-4-2-3-5-14(13)11-15/h2-5,10,12H,6-9,11H2,1H3. The number of allylic oxidation sites excluding steroid dienone is 1. The Balaban J connectivity index is 1.75. The highest BCUT2D eigenvalue weighted by atomic mass is 15.1. The molecule has 1 heteroatoms. The molecule has 1 aromatic carbocycles. The zero-order valence-electron chi connectivity index (χ0n) is 9.95. The van der Waals surface area contributed by atoms with Crippen LogP contribution in [0.2, 0.25) is 0 Å². The van der Waals surface area contributed by atoms with Crippen LogP contribution in [0.4, 0.5) is 0 Å². The second-order valence-corrected chi connectivity index (χ2v) is 5.17. The normalized spacial score (nSPS) is 21.9. The molecule has 1 nitrogen and oxygen atoms in total. The minimum Gasteiger partial charge on any atom is -0.306 e. The van der Waals surface area contributed by atoms with Crippen molar-refractivity contribution < 1.29 is 0 Å². The first kappa shape index (κ1) is 10.1. The van der Waals surface area contributed by atoms with Crippen LogP contribution in [-0.2, 0) is 6.42 Å². The topological polar surface area (TPSA) is 3.24 Å². The maximum Gasteiger partial charge on any atom is -0.00161 e. The highest BCUT2D eigenvalue weighted by Crippen LogP contribution is 2.34. The highest BCUT2D eigenvalue weighted by molar-refractivity contribution is 5.64. The molecule has 1 fully saturated rings. The minimum atomic E-state index is 0.837. The summed E-state index contributed by atoms with van der Waals surface area (Å²) in [7, 11) is 2.23. The summed E-state index contributed by atoms with van der Waals surface area (Å²) >= 11 is 0. The fourth-order valence-electron chi connectivity index (χ4n) is 2.95. The van der Waals surface area contributed by atoms with E-state index >= 15 is 0 Å². The molecule has 0 aromatic heterocycles. The summed E-state index contributed by atoms with van der Waals surface area (Å²) in [5, 5.41) is 0. The van der Waals surface area contributed by atoms with Gasteiger partial charge in [-0.1, -0.05) is 35.9 Å². The van der Waals surface area contributed by atoms with Crippen LogP contribution in [-0.4, -0.2) is 25.0 Å². The molecule has 2 aliphatic rings. The van der Waals surface area contributed by atoms with Crippen LogP contribution >= 0.6 is 0 Å². The largest absolute Gasteiger partial charge is 0.306 e. The lowest BCUT2D eigenvalue weighted by Gasteiger charge is -2.29. The third kappa shape index (κ3) is 1.80. The van der Waals surface area contributed by atoms with Gasteiger partial charge < -0.3 is 4.90 Å². The first-order valence-electron chi connectivity index (χ1n) is 6.30. The third-order valence-electron chi connectivity index (χ3n) is 4.03. The first-order chi connectivity index (χ1) is 7.83. The Bertz CT molecular complexity index is 411. The number of benzene rings is 1. The Morgan fingerprint density at radius 3 is 2.62 bits per heavy atom. The van der Waals surface area contributed by atoms with Crippen molar-refractivity contribution >= 4 is 6.08 Å². The molecule has 0 unspecified atom stereocenters. The van der Waals surface area contributed by atoms with E-state index in [-0.39, 0.29) is 0 Å². The second-order valence-electron chi connectivity index (χ2n) is 5.17. The predicted octanol–water partition coefficient (Wildman–Crippen LogP) is 2.97. The van der Waals surface area contributed by atoms with Gasteiger partial charge in [-0.3, -0.25) is 0 Å². The van der Waals surface area contributed by atoms with E-state index in [4.69, 9.17) is 0 Å². The fraction of sp³-hybridized carbons (Fsp3) is 0.467.